The van der Waals surface area contributed by atoms with Crippen molar-refractivity contribution in [2.45, 2.75) is 44.4 Å². The highest BCUT2D eigenvalue weighted by molar-refractivity contribution is 5.66. The van der Waals surface area contributed by atoms with Gasteiger partial charge >= 0.3 is 0 Å². The fraction of sp³-hybridized carbons (Fsp3) is 0.464. The van der Waals surface area contributed by atoms with Crippen LogP contribution in [0.25, 0.3) is 11.3 Å². The van der Waals surface area contributed by atoms with Crippen molar-refractivity contribution < 1.29 is 4.74 Å². The van der Waals surface area contributed by atoms with Gasteiger partial charge in [-0.05, 0) is 68.1 Å². The van der Waals surface area contributed by atoms with Gasteiger partial charge in [-0.1, -0.05) is 0 Å². The zero-order chi connectivity index (χ0) is 24.1. The maximum atomic E-state index is 5.72. The molecule has 8 rings (SSSR count). The molecular formula is C28H33N7O. The summed E-state index contributed by atoms with van der Waals surface area (Å²) in [5, 5.41) is 3.41. The van der Waals surface area contributed by atoms with Crippen LogP contribution in [-0.4, -0.2) is 77.4 Å². The molecule has 1 aromatic carbocycles. The molecule has 2 aromatic heterocycles. The van der Waals surface area contributed by atoms with Crippen LogP contribution in [0.5, 0.6) is 0 Å². The van der Waals surface area contributed by atoms with Crippen LogP contribution in [0.2, 0.25) is 0 Å². The van der Waals surface area contributed by atoms with Crippen molar-refractivity contribution >= 4 is 23.1 Å². The maximum absolute atomic E-state index is 5.72. The third kappa shape index (κ3) is 4.08. The molecule has 186 valence electrons. The Balaban J connectivity index is 1.06. The summed E-state index contributed by atoms with van der Waals surface area (Å²) < 4.78 is 5.72. The van der Waals surface area contributed by atoms with Crippen LogP contribution in [0.4, 0.5) is 23.1 Å². The summed E-state index contributed by atoms with van der Waals surface area (Å²) in [5.41, 5.74) is 5.51. The van der Waals surface area contributed by atoms with E-state index in [1.54, 1.807) is 6.20 Å². The number of aromatic nitrogens is 3. The van der Waals surface area contributed by atoms with Gasteiger partial charge in [0.15, 0.2) is 0 Å². The lowest BCUT2D eigenvalue weighted by molar-refractivity contribution is 0.0989. The highest BCUT2D eigenvalue weighted by atomic mass is 16.5. The van der Waals surface area contributed by atoms with E-state index in [0.29, 0.717) is 24.1 Å². The number of ether oxygens (including phenoxy) is 1. The largest absolute Gasteiger partial charge is 0.374 e. The number of morpholine rings is 1. The summed E-state index contributed by atoms with van der Waals surface area (Å²) >= 11 is 0. The van der Waals surface area contributed by atoms with E-state index in [2.05, 4.69) is 62.3 Å². The van der Waals surface area contributed by atoms with E-state index in [9.17, 15) is 0 Å². The van der Waals surface area contributed by atoms with Crippen LogP contribution in [0.15, 0.2) is 48.8 Å². The van der Waals surface area contributed by atoms with Gasteiger partial charge in [0.25, 0.3) is 0 Å². The molecule has 0 aliphatic carbocycles. The molecule has 0 spiro atoms. The Labute approximate surface area is 212 Å². The minimum absolute atomic E-state index is 0.363. The Bertz CT molecular complexity index is 1240. The van der Waals surface area contributed by atoms with Gasteiger partial charge < -0.3 is 24.8 Å². The second-order valence-electron chi connectivity index (χ2n) is 10.6. The molecule has 8 heteroatoms. The molecule has 2 atom stereocenters. The highest BCUT2D eigenvalue weighted by Gasteiger charge is 2.39. The molecule has 5 aliphatic heterocycles. The van der Waals surface area contributed by atoms with Gasteiger partial charge in [-0.15, -0.1) is 0 Å². The maximum Gasteiger partial charge on any atom is 0.227 e. The van der Waals surface area contributed by atoms with Gasteiger partial charge in [-0.3, -0.25) is 0 Å². The molecule has 1 N–H and O–H groups in total. The summed E-state index contributed by atoms with van der Waals surface area (Å²) in [6.45, 7) is 8.71. The van der Waals surface area contributed by atoms with Crippen molar-refractivity contribution in [1.82, 2.24) is 19.9 Å². The standard InChI is InChI=1S/C28H33N7O/c1-19-14-21(3-4-26(19)34-13-12-33-10-7-22(34)8-11-33)31-28-29-9-6-25(32-28)20-2-5-27(30-16-20)35-17-24-15-23(35)18-36-24/h2-6,9,14,16,22-24H,7-8,10-13,15,17-18H2,1H3,(H,29,31,32)/t23-,24-/m0/s1. The van der Waals surface area contributed by atoms with Crippen LogP contribution in [0.3, 0.4) is 0 Å². The van der Waals surface area contributed by atoms with E-state index in [-0.39, 0.29) is 0 Å². The summed E-state index contributed by atoms with van der Waals surface area (Å²) in [5.74, 6) is 1.62. The van der Waals surface area contributed by atoms with Crippen LogP contribution < -0.4 is 15.1 Å². The molecule has 0 saturated carbocycles. The molecule has 3 aromatic rings. The van der Waals surface area contributed by atoms with Crippen LogP contribution >= 0.6 is 0 Å². The number of anilines is 4. The molecule has 5 aliphatic rings. The number of pyridine rings is 1. The van der Waals surface area contributed by atoms with E-state index in [1.165, 1.54) is 43.7 Å². The zero-order valence-corrected chi connectivity index (χ0v) is 20.8. The second-order valence-corrected chi connectivity index (χ2v) is 10.6. The smallest absolute Gasteiger partial charge is 0.227 e. The number of rotatable bonds is 5. The Hall–Kier alpha value is -3.23. The van der Waals surface area contributed by atoms with Gasteiger partial charge in [0.1, 0.15) is 5.82 Å². The molecule has 4 bridgehead atoms. The topological polar surface area (TPSA) is 69.6 Å². The summed E-state index contributed by atoms with van der Waals surface area (Å²) in [6.07, 6.45) is 7.73. The van der Waals surface area contributed by atoms with Crippen molar-refractivity contribution in [2.24, 2.45) is 0 Å². The lowest BCUT2D eigenvalue weighted by Gasteiger charge is -2.34. The van der Waals surface area contributed by atoms with Crippen LogP contribution in [0, 0.1) is 6.92 Å². The molecule has 0 radical (unpaired) electrons. The molecule has 36 heavy (non-hydrogen) atoms. The summed E-state index contributed by atoms with van der Waals surface area (Å²) in [6, 6.07) is 13.9. The number of nitrogens with one attached hydrogen (secondary N) is 1. The molecule has 0 amide bonds. The van der Waals surface area contributed by atoms with Crippen LogP contribution in [-0.2, 0) is 4.74 Å². The quantitative estimate of drug-likeness (QED) is 0.587. The Morgan fingerprint density at radius 3 is 2.61 bits per heavy atom. The van der Waals surface area contributed by atoms with Crippen LogP contribution in [0.1, 0.15) is 24.8 Å². The molecule has 0 unspecified atom stereocenters. The fourth-order valence-corrected chi connectivity index (χ4v) is 6.36. The lowest BCUT2D eigenvalue weighted by atomic mass is 10.0. The zero-order valence-electron chi connectivity index (χ0n) is 20.8. The van der Waals surface area contributed by atoms with Crippen molar-refractivity contribution in [1.29, 1.82) is 0 Å². The van der Waals surface area contributed by atoms with Gasteiger partial charge in [-0.2, -0.15) is 0 Å². The minimum Gasteiger partial charge on any atom is -0.374 e. The number of nitrogens with zero attached hydrogens (tertiary/aromatic N) is 6. The molecular weight excluding hydrogens is 450 g/mol. The number of fused-ring (bicyclic) bond motifs is 6. The molecule has 5 fully saturated rings. The fourth-order valence-electron chi connectivity index (χ4n) is 6.36. The third-order valence-corrected chi connectivity index (χ3v) is 8.31. The van der Waals surface area contributed by atoms with E-state index in [0.717, 1.165) is 48.9 Å². The Kier molecular flexibility index (Phi) is 5.51. The molecule has 7 heterocycles. The monoisotopic (exact) mass is 483 g/mol. The van der Waals surface area contributed by atoms with E-state index >= 15 is 0 Å². The van der Waals surface area contributed by atoms with Gasteiger partial charge in [-0.25, -0.2) is 15.0 Å². The van der Waals surface area contributed by atoms with Gasteiger partial charge in [0.05, 0.1) is 24.4 Å². The second kappa shape index (κ2) is 9.01. The van der Waals surface area contributed by atoms with Gasteiger partial charge in [0.2, 0.25) is 5.95 Å². The number of aryl methyl sites for hydroxylation is 1. The number of benzene rings is 1. The van der Waals surface area contributed by atoms with Crippen molar-refractivity contribution in [3.05, 3.63) is 54.4 Å². The summed E-state index contributed by atoms with van der Waals surface area (Å²) in [7, 11) is 0. The predicted octanol–water partition coefficient (Wildman–Crippen LogP) is 3.85. The first-order valence-corrected chi connectivity index (χ1v) is 13.2. The summed E-state index contributed by atoms with van der Waals surface area (Å²) in [4.78, 5) is 21.6. The van der Waals surface area contributed by atoms with E-state index < -0.39 is 0 Å². The molecule has 8 nitrogen and oxygen atoms in total. The first-order chi connectivity index (χ1) is 17.7. The van der Waals surface area contributed by atoms with E-state index in [1.807, 2.05) is 12.3 Å². The van der Waals surface area contributed by atoms with E-state index in [4.69, 9.17) is 14.7 Å². The third-order valence-electron chi connectivity index (χ3n) is 8.31. The average molecular weight is 484 g/mol. The first kappa shape index (κ1) is 22.0. The first-order valence-electron chi connectivity index (χ1n) is 13.2. The Morgan fingerprint density at radius 2 is 1.86 bits per heavy atom. The lowest BCUT2D eigenvalue weighted by Crippen LogP contribution is -2.38. The Morgan fingerprint density at radius 1 is 0.944 bits per heavy atom. The normalized spacial score (nSPS) is 26.9. The average Bonchev–Trinajstić information content (AvgIpc) is 3.43. The molecule has 5 saturated heterocycles. The van der Waals surface area contributed by atoms with Crippen molar-refractivity contribution in [3.63, 3.8) is 0 Å². The van der Waals surface area contributed by atoms with Crippen molar-refractivity contribution in [3.8, 4) is 11.3 Å². The van der Waals surface area contributed by atoms with Gasteiger partial charge in [0, 0.05) is 68.1 Å². The highest BCUT2D eigenvalue weighted by Crippen LogP contribution is 2.33. The predicted molar refractivity (Wildman–Crippen MR) is 142 cm³/mol. The number of hydrogen-bond acceptors (Lipinski definition) is 8. The SMILES string of the molecule is Cc1cc(Nc2nccc(-c3ccc(N4C[C@@H]5C[C@H]4CO5)nc3)n2)ccc1N1CCN2CCC1CC2. The number of piperidine rings is 1. The number of hydrogen-bond donors (Lipinski definition) is 1. The van der Waals surface area contributed by atoms with Crippen molar-refractivity contribution in [2.75, 3.05) is 54.4 Å². The minimum atomic E-state index is 0.363.